The summed E-state index contributed by atoms with van der Waals surface area (Å²) in [5.41, 5.74) is 9.45. The lowest BCUT2D eigenvalue weighted by Crippen LogP contribution is -1.79. The van der Waals surface area contributed by atoms with Crippen molar-refractivity contribution in [2.24, 2.45) is 4.99 Å². The van der Waals surface area contributed by atoms with Gasteiger partial charge in [0.05, 0.1) is 28.5 Å². The maximum atomic E-state index is 11.0. The van der Waals surface area contributed by atoms with Crippen LogP contribution in [0.25, 0.3) is 57.5 Å². The summed E-state index contributed by atoms with van der Waals surface area (Å²) in [5.74, 6) is 0. The lowest BCUT2D eigenvalue weighted by molar-refractivity contribution is 0.565. The molecular weight excluding hydrogens is 410 g/mol. The van der Waals surface area contributed by atoms with Gasteiger partial charge in [0.15, 0.2) is 0 Å². The number of fused-ring (bicyclic) bond motifs is 8. The van der Waals surface area contributed by atoms with Crippen LogP contribution in [0.4, 0.5) is 5.69 Å². The number of rotatable bonds is 2. The lowest BCUT2D eigenvalue weighted by atomic mass is 10.0. The Balaban J connectivity index is 1.69. The van der Waals surface area contributed by atoms with Crippen molar-refractivity contribution in [3.05, 3.63) is 89.5 Å². The smallest absolute Gasteiger partial charge is 0.240 e. The number of para-hydroxylation sites is 1. The van der Waals surface area contributed by atoms with Gasteiger partial charge >= 0.3 is 0 Å². The highest BCUT2D eigenvalue weighted by Crippen LogP contribution is 2.34. The SMILES string of the molecule is O=C=Nc1ccccc1-c1cc2cc3ccc(cc4nc(cc5nc(cc1[nH]2)C=C5)C=C4)[nH]3. The summed E-state index contributed by atoms with van der Waals surface area (Å²) in [7, 11) is 0. The Kier molecular flexibility index (Phi) is 4.42. The number of hydrogen-bond acceptors (Lipinski definition) is 4. The van der Waals surface area contributed by atoms with E-state index in [2.05, 4.69) is 19.9 Å². The van der Waals surface area contributed by atoms with Crippen LogP contribution < -0.4 is 0 Å². The summed E-state index contributed by atoms with van der Waals surface area (Å²) in [6, 6.07) is 21.6. The molecule has 6 nitrogen and oxygen atoms in total. The molecule has 0 saturated carbocycles. The summed E-state index contributed by atoms with van der Waals surface area (Å²) in [6.07, 6.45) is 9.58. The molecule has 6 rings (SSSR count). The summed E-state index contributed by atoms with van der Waals surface area (Å²) in [5, 5.41) is 0. The summed E-state index contributed by atoms with van der Waals surface area (Å²) in [6.45, 7) is 0. The van der Waals surface area contributed by atoms with Gasteiger partial charge in [-0.05, 0) is 72.8 Å². The third-order valence-corrected chi connectivity index (χ3v) is 5.53. The molecule has 2 aliphatic rings. The summed E-state index contributed by atoms with van der Waals surface area (Å²) >= 11 is 0. The molecule has 0 atom stereocenters. The van der Waals surface area contributed by atoms with Gasteiger partial charge in [-0.15, -0.1) is 0 Å². The molecule has 2 aliphatic heterocycles. The topological polar surface area (TPSA) is 86.8 Å². The molecule has 2 N–H and O–H groups in total. The number of carbonyl (C=O) groups excluding carboxylic acids is 1. The third-order valence-electron chi connectivity index (χ3n) is 5.53. The van der Waals surface area contributed by atoms with Crippen molar-refractivity contribution >= 4 is 58.1 Å². The van der Waals surface area contributed by atoms with Crippen molar-refractivity contribution in [1.82, 2.24) is 19.9 Å². The number of nitrogens with zero attached hydrogens (tertiary/aromatic N) is 3. The molecule has 0 radical (unpaired) electrons. The summed E-state index contributed by atoms with van der Waals surface area (Å²) < 4.78 is 0. The van der Waals surface area contributed by atoms with Crippen LogP contribution in [0.1, 0.15) is 22.8 Å². The Hall–Kier alpha value is -4.80. The molecule has 0 unspecified atom stereocenters. The number of nitrogens with one attached hydrogen (secondary N) is 2. The fourth-order valence-electron chi connectivity index (χ4n) is 4.09. The molecule has 0 amide bonds. The van der Waals surface area contributed by atoms with Gasteiger partial charge in [-0.1, -0.05) is 18.2 Å². The first-order chi connectivity index (χ1) is 16.2. The second kappa shape index (κ2) is 7.71. The minimum Gasteiger partial charge on any atom is -0.355 e. The highest BCUT2D eigenvalue weighted by atomic mass is 16.1. The van der Waals surface area contributed by atoms with E-state index in [4.69, 9.17) is 4.98 Å². The minimum atomic E-state index is 0.567. The van der Waals surface area contributed by atoms with Crippen molar-refractivity contribution < 1.29 is 4.79 Å². The molecule has 0 fully saturated rings. The van der Waals surface area contributed by atoms with Gasteiger partial charge in [0.2, 0.25) is 6.08 Å². The molecule has 4 aromatic rings. The van der Waals surface area contributed by atoms with Crippen LogP contribution >= 0.6 is 0 Å². The first-order valence-electron chi connectivity index (χ1n) is 10.5. The van der Waals surface area contributed by atoms with E-state index in [1.165, 1.54) is 0 Å². The average molecular weight is 427 g/mol. The lowest BCUT2D eigenvalue weighted by Gasteiger charge is -2.02. The quantitative estimate of drug-likeness (QED) is 0.251. The number of aromatic amines is 2. The Labute approximate surface area is 188 Å². The molecule has 8 bridgehead atoms. The van der Waals surface area contributed by atoms with Crippen molar-refractivity contribution in [3.63, 3.8) is 0 Å². The van der Waals surface area contributed by atoms with E-state index >= 15 is 0 Å². The van der Waals surface area contributed by atoms with Crippen LogP contribution in [0, 0.1) is 0 Å². The Morgan fingerprint density at radius 2 is 1.30 bits per heavy atom. The van der Waals surface area contributed by atoms with E-state index in [-0.39, 0.29) is 0 Å². The van der Waals surface area contributed by atoms with Crippen LogP contribution in [0.3, 0.4) is 0 Å². The number of H-pyrrole nitrogens is 2. The Bertz CT molecular complexity index is 1680. The molecule has 6 heteroatoms. The van der Waals surface area contributed by atoms with Crippen molar-refractivity contribution in [2.75, 3.05) is 0 Å². The molecular formula is C27H17N5O. The zero-order valence-electron chi connectivity index (χ0n) is 17.4. The molecule has 3 aromatic heterocycles. The molecule has 33 heavy (non-hydrogen) atoms. The molecule has 1 aromatic carbocycles. The second-order valence-corrected chi connectivity index (χ2v) is 7.81. The fraction of sp³-hybridized carbons (Fsp3) is 0. The maximum Gasteiger partial charge on any atom is 0.240 e. The van der Waals surface area contributed by atoms with Gasteiger partial charge in [-0.3, -0.25) is 0 Å². The Morgan fingerprint density at radius 1 is 0.636 bits per heavy atom. The van der Waals surface area contributed by atoms with Crippen LogP contribution in [0.5, 0.6) is 0 Å². The standard InChI is InChI=1S/C27H17N5O/c33-16-28-26-4-2-1-3-24(26)25-14-23-13-21-8-7-19(30-21)11-17-5-6-18(29-17)12-20-9-10-22(31-20)15-27(25)32-23/h1-15,30,32H. The Morgan fingerprint density at radius 3 is 2.06 bits per heavy atom. The molecule has 0 saturated heterocycles. The molecule has 0 spiro atoms. The van der Waals surface area contributed by atoms with Gasteiger partial charge < -0.3 is 9.97 Å². The zero-order valence-corrected chi connectivity index (χ0v) is 17.4. The van der Waals surface area contributed by atoms with E-state index in [9.17, 15) is 4.79 Å². The van der Waals surface area contributed by atoms with Crippen molar-refractivity contribution in [2.45, 2.75) is 0 Å². The van der Waals surface area contributed by atoms with Crippen LogP contribution in [-0.4, -0.2) is 26.0 Å². The van der Waals surface area contributed by atoms with Crippen LogP contribution in [0.15, 0.2) is 71.7 Å². The number of aromatic nitrogens is 4. The van der Waals surface area contributed by atoms with Gasteiger partial charge in [0.25, 0.3) is 0 Å². The van der Waals surface area contributed by atoms with Crippen molar-refractivity contribution in [1.29, 1.82) is 0 Å². The highest BCUT2D eigenvalue weighted by Gasteiger charge is 2.10. The van der Waals surface area contributed by atoms with E-state index < -0.39 is 0 Å². The predicted molar refractivity (Wildman–Crippen MR) is 132 cm³/mol. The van der Waals surface area contributed by atoms with E-state index in [1.807, 2.05) is 85.0 Å². The van der Waals surface area contributed by atoms with Crippen LogP contribution in [-0.2, 0) is 4.79 Å². The molecule has 0 aliphatic carbocycles. The number of hydrogen-bond donors (Lipinski definition) is 2. The van der Waals surface area contributed by atoms with Gasteiger partial charge in [-0.2, -0.15) is 4.99 Å². The number of isocyanates is 1. The molecule has 156 valence electrons. The first-order valence-corrected chi connectivity index (χ1v) is 10.5. The van der Waals surface area contributed by atoms with E-state index in [0.717, 1.165) is 56.0 Å². The van der Waals surface area contributed by atoms with Crippen LogP contribution in [0.2, 0.25) is 0 Å². The molecule has 5 heterocycles. The van der Waals surface area contributed by atoms with Crippen molar-refractivity contribution in [3.8, 4) is 11.1 Å². The largest absolute Gasteiger partial charge is 0.355 e. The van der Waals surface area contributed by atoms with E-state index in [1.54, 1.807) is 12.1 Å². The fourth-order valence-corrected chi connectivity index (χ4v) is 4.09. The second-order valence-electron chi connectivity index (χ2n) is 7.81. The first kappa shape index (κ1) is 18.9. The number of benzene rings is 1. The monoisotopic (exact) mass is 427 g/mol. The highest BCUT2D eigenvalue weighted by molar-refractivity contribution is 5.92. The predicted octanol–water partition coefficient (Wildman–Crippen LogP) is 6.29. The summed E-state index contributed by atoms with van der Waals surface area (Å²) in [4.78, 5) is 31.2. The zero-order chi connectivity index (χ0) is 22.2. The number of aliphatic imine (C=N–C) groups is 1. The third kappa shape index (κ3) is 3.71. The van der Waals surface area contributed by atoms with Gasteiger partial charge in [0.1, 0.15) is 0 Å². The van der Waals surface area contributed by atoms with Gasteiger partial charge in [-0.25, -0.2) is 14.8 Å². The average Bonchev–Trinajstić information content (AvgIpc) is 3.60. The van der Waals surface area contributed by atoms with Gasteiger partial charge in [0, 0.05) is 33.2 Å². The van der Waals surface area contributed by atoms with E-state index in [0.29, 0.717) is 5.69 Å². The minimum absolute atomic E-state index is 0.567. The normalized spacial score (nSPS) is 12.0. The maximum absolute atomic E-state index is 11.0.